The van der Waals surface area contributed by atoms with Gasteiger partial charge in [-0.2, -0.15) is 5.10 Å². The highest BCUT2D eigenvalue weighted by Crippen LogP contribution is 2.34. The summed E-state index contributed by atoms with van der Waals surface area (Å²) in [5.74, 6) is -1.37. The third kappa shape index (κ3) is 5.79. The molecular formula is C26H30F2N4O3. The molecule has 186 valence electrons. The first-order valence-electron chi connectivity index (χ1n) is 11.9. The SMILES string of the molecule is CCNC(=O)N(Cc1c(CC)nn(-c2ccccc2)c1Oc1ccc(F)cc1F)C[C@H]1CCCO1. The lowest BCUT2D eigenvalue weighted by Crippen LogP contribution is -2.43. The number of ether oxygens (including phenoxy) is 2. The molecule has 4 rings (SSSR count). The highest BCUT2D eigenvalue weighted by atomic mass is 19.1. The van der Waals surface area contributed by atoms with Crippen molar-refractivity contribution in [3.63, 3.8) is 0 Å². The predicted octanol–water partition coefficient (Wildman–Crippen LogP) is 5.22. The van der Waals surface area contributed by atoms with Crippen LogP contribution in [-0.2, 0) is 17.7 Å². The lowest BCUT2D eigenvalue weighted by atomic mass is 10.1. The Morgan fingerprint density at radius 2 is 2.03 bits per heavy atom. The van der Waals surface area contributed by atoms with Crippen molar-refractivity contribution < 1.29 is 23.0 Å². The first-order chi connectivity index (χ1) is 17.0. The van der Waals surface area contributed by atoms with Crippen molar-refractivity contribution in [2.45, 2.75) is 45.8 Å². The lowest BCUT2D eigenvalue weighted by Gasteiger charge is -2.26. The van der Waals surface area contributed by atoms with Crippen LogP contribution in [0.3, 0.4) is 0 Å². The second-order valence-corrected chi connectivity index (χ2v) is 8.36. The van der Waals surface area contributed by atoms with Gasteiger partial charge in [0.2, 0.25) is 5.88 Å². The van der Waals surface area contributed by atoms with Gasteiger partial charge in [-0.3, -0.25) is 0 Å². The van der Waals surface area contributed by atoms with E-state index >= 15 is 0 Å². The summed E-state index contributed by atoms with van der Waals surface area (Å²) in [5, 5.41) is 7.60. The molecule has 0 radical (unpaired) electrons. The summed E-state index contributed by atoms with van der Waals surface area (Å²) < 4.78 is 41.5. The van der Waals surface area contributed by atoms with E-state index in [0.717, 1.165) is 30.7 Å². The predicted molar refractivity (Wildman–Crippen MR) is 128 cm³/mol. The van der Waals surface area contributed by atoms with Gasteiger partial charge in [0, 0.05) is 25.8 Å². The monoisotopic (exact) mass is 484 g/mol. The number of nitrogens with one attached hydrogen (secondary N) is 1. The van der Waals surface area contributed by atoms with Crippen molar-refractivity contribution in [3.8, 4) is 17.3 Å². The van der Waals surface area contributed by atoms with E-state index in [0.29, 0.717) is 37.4 Å². The number of aryl methyl sites for hydroxylation is 1. The molecule has 35 heavy (non-hydrogen) atoms. The van der Waals surface area contributed by atoms with Gasteiger partial charge in [0.05, 0.1) is 29.6 Å². The Hall–Kier alpha value is -3.46. The van der Waals surface area contributed by atoms with Crippen LogP contribution < -0.4 is 10.1 Å². The molecule has 9 heteroatoms. The molecule has 3 aromatic rings. The maximum atomic E-state index is 14.6. The first-order valence-corrected chi connectivity index (χ1v) is 11.9. The maximum absolute atomic E-state index is 14.6. The van der Waals surface area contributed by atoms with Crippen LogP contribution in [0, 0.1) is 11.6 Å². The van der Waals surface area contributed by atoms with Gasteiger partial charge in [0.15, 0.2) is 11.6 Å². The van der Waals surface area contributed by atoms with Crippen molar-refractivity contribution in [1.82, 2.24) is 20.0 Å². The van der Waals surface area contributed by atoms with Crippen molar-refractivity contribution in [2.75, 3.05) is 19.7 Å². The summed E-state index contributed by atoms with van der Waals surface area (Å²) in [4.78, 5) is 14.6. The van der Waals surface area contributed by atoms with Crippen LogP contribution in [0.2, 0.25) is 0 Å². The number of para-hydroxylation sites is 1. The smallest absolute Gasteiger partial charge is 0.317 e. The molecule has 2 amide bonds. The Labute approximate surface area is 203 Å². The number of hydrogen-bond acceptors (Lipinski definition) is 4. The molecule has 0 saturated carbocycles. The number of hydrogen-bond donors (Lipinski definition) is 1. The minimum absolute atomic E-state index is 0.0502. The number of carbonyl (C=O) groups excluding carboxylic acids is 1. The molecular weight excluding hydrogens is 454 g/mol. The Kier molecular flexibility index (Phi) is 7.97. The van der Waals surface area contributed by atoms with Crippen molar-refractivity contribution in [2.24, 2.45) is 0 Å². The third-order valence-corrected chi connectivity index (χ3v) is 5.87. The van der Waals surface area contributed by atoms with E-state index in [1.807, 2.05) is 44.2 Å². The Morgan fingerprint density at radius 3 is 2.69 bits per heavy atom. The average Bonchev–Trinajstić information content (AvgIpc) is 3.49. The highest BCUT2D eigenvalue weighted by Gasteiger charge is 2.28. The van der Waals surface area contributed by atoms with Gasteiger partial charge in [-0.05, 0) is 50.5 Å². The number of urea groups is 1. The Bertz CT molecular complexity index is 1150. The zero-order valence-electron chi connectivity index (χ0n) is 20.0. The first kappa shape index (κ1) is 24.7. The van der Waals surface area contributed by atoms with E-state index in [1.165, 1.54) is 6.07 Å². The number of carbonyl (C=O) groups is 1. The summed E-state index contributed by atoms with van der Waals surface area (Å²) in [6, 6.07) is 12.3. The van der Waals surface area contributed by atoms with Gasteiger partial charge in [-0.1, -0.05) is 25.1 Å². The lowest BCUT2D eigenvalue weighted by molar-refractivity contribution is 0.0793. The summed E-state index contributed by atoms with van der Waals surface area (Å²) in [6.45, 7) is 5.59. The molecule has 1 N–H and O–H groups in total. The molecule has 0 aliphatic carbocycles. The number of aromatic nitrogens is 2. The maximum Gasteiger partial charge on any atom is 0.317 e. The van der Waals surface area contributed by atoms with Crippen molar-refractivity contribution >= 4 is 6.03 Å². The summed E-state index contributed by atoms with van der Waals surface area (Å²) in [6.07, 6.45) is 2.36. The van der Waals surface area contributed by atoms with E-state index in [2.05, 4.69) is 5.32 Å². The second-order valence-electron chi connectivity index (χ2n) is 8.36. The van der Waals surface area contributed by atoms with E-state index < -0.39 is 11.6 Å². The molecule has 1 aromatic heterocycles. The number of amides is 2. The molecule has 2 aromatic carbocycles. The van der Waals surface area contributed by atoms with Crippen LogP contribution in [-0.4, -0.2) is 46.5 Å². The van der Waals surface area contributed by atoms with E-state index in [9.17, 15) is 13.6 Å². The minimum Gasteiger partial charge on any atom is -0.435 e. The second kappa shape index (κ2) is 11.3. The van der Waals surface area contributed by atoms with Gasteiger partial charge in [0.25, 0.3) is 0 Å². The van der Waals surface area contributed by atoms with E-state index in [4.69, 9.17) is 14.6 Å². The molecule has 0 unspecified atom stereocenters. The van der Waals surface area contributed by atoms with Crippen LogP contribution in [0.15, 0.2) is 48.5 Å². The summed E-state index contributed by atoms with van der Waals surface area (Å²) >= 11 is 0. The van der Waals surface area contributed by atoms with E-state index in [-0.39, 0.29) is 30.3 Å². The van der Waals surface area contributed by atoms with E-state index in [1.54, 1.807) is 9.58 Å². The fourth-order valence-electron chi connectivity index (χ4n) is 4.14. The largest absolute Gasteiger partial charge is 0.435 e. The molecule has 0 spiro atoms. The molecule has 1 saturated heterocycles. The molecule has 0 bridgehead atoms. The normalized spacial score (nSPS) is 15.3. The zero-order chi connectivity index (χ0) is 24.8. The third-order valence-electron chi connectivity index (χ3n) is 5.87. The fraction of sp³-hybridized carbons (Fsp3) is 0.385. The standard InChI is InChI=1S/C26H30F2N4O3/c1-3-23-21(17-31(26(33)29-4-2)16-20-11-8-14-34-20)25(32(30-23)19-9-6-5-7-10-19)35-24-13-12-18(27)15-22(24)28/h5-7,9-10,12-13,15,20H,3-4,8,11,14,16-17H2,1-2H3,(H,29,33)/t20-/m1/s1. The zero-order valence-corrected chi connectivity index (χ0v) is 20.0. The number of nitrogens with zero attached hydrogens (tertiary/aromatic N) is 3. The number of halogens is 2. The Balaban J connectivity index is 1.77. The topological polar surface area (TPSA) is 68.6 Å². The quantitative estimate of drug-likeness (QED) is 0.452. The highest BCUT2D eigenvalue weighted by molar-refractivity contribution is 5.74. The number of rotatable bonds is 9. The molecule has 1 atom stereocenters. The van der Waals surface area contributed by atoms with Crippen LogP contribution in [0.25, 0.3) is 5.69 Å². The molecule has 2 heterocycles. The summed E-state index contributed by atoms with van der Waals surface area (Å²) in [5.41, 5.74) is 2.09. The Morgan fingerprint density at radius 1 is 1.23 bits per heavy atom. The van der Waals surface area contributed by atoms with Crippen LogP contribution in [0.1, 0.15) is 37.9 Å². The molecule has 7 nitrogen and oxygen atoms in total. The van der Waals surface area contributed by atoms with Crippen LogP contribution >= 0.6 is 0 Å². The molecule has 1 aliphatic rings. The summed E-state index contributed by atoms with van der Waals surface area (Å²) in [7, 11) is 0. The molecule has 1 aliphatic heterocycles. The number of benzene rings is 2. The molecule has 1 fully saturated rings. The fourth-order valence-corrected chi connectivity index (χ4v) is 4.14. The van der Waals surface area contributed by atoms with Crippen molar-refractivity contribution in [1.29, 1.82) is 0 Å². The van der Waals surface area contributed by atoms with Gasteiger partial charge >= 0.3 is 6.03 Å². The van der Waals surface area contributed by atoms with Gasteiger partial charge < -0.3 is 19.7 Å². The van der Waals surface area contributed by atoms with Crippen LogP contribution in [0.5, 0.6) is 11.6 Å². The average molecular weight is 485 g/mol. The minimum atomic E-state index is -0.824. The van der Waals surface area contributed by atoms with Crippen molar-refractivity contribution in [3.05, 3.63) is 71.4 Å². The van der Waals surface area contributed by atoms with Crippen LogP contribution in [0.4, 0.5) is 13.6 Å². The van der Waals surface area contributed by atoms with Gasteiger partial charge in [-0.25, -0.2) is 18.3 Å². The van der Waals surface area contributed by atoms with Gasteiger partial charge in [-0.15, -0.1) is 0 Å². The van der Waals surface area contributed by atoms with Gasteiger partial charge in [0.1, 0.15) is 5.82 Å².